The van der Waals surface area contributed by atoms with Gasteiger partial charge in [-0.05, 0) is 42.3 Å². The van der Waals surface area contributed by atoms with E-state index in [1.165, 1.54) is 11.1 Å². The molecule has 0 aliphatic carbocycles. The number of aromatic nitrogens is 3. The van der Waals surface area contributed by atoms with Crippen molar-refractivity contribution in [3.05, 3.63) is 60.2 Å². The molecule has 2 aromatic heterocycles. The van der Waals surface area contributed by atoms with Crippen LogP contribution >= 0.6 is 0 Å². The van der Waals surface area contributed by atoms with Crippen molar-refractivity contribution in [3.8, 4) is 0 Å². The van der Waals surface area contributed by atoms with E-state index in [9.17, 15) is 0 Å². The first kappa shape index (κ1) is 11.6. The van der Waals surface area contributed by atoms with Gasteiger partial charge in [0.2, 0.25) is 0 Å². The van der Waals surface area contributed by atoms with Gasteiger partial charge < -0.3 is 5.32 Å². The van der Waals surface area contributed by atoms with Crippen LogP contribution in [0.15, 0.2) is 49.1 Å². The van der Waals surface area contributed by atoms with Crippen LogP contribution in [-0.4, -0.2) is 15.0 Å². The number of aryl methyl sites for hydroxylation is 1. The number of anilines is 1. The molecule has 19 heavy (non-hydrogen) atoms. The Hall–Kier alpha value is -2.49. The second-order valence-corrected chi connectivity index (χ2v) is 4.45. The summed E-state index contributed by atoms with van der Waals surface area (Å²) in [4.78, 5) is 12.6. The SMILES string of the molecule is Cc1ccc2c(NCc3ccncc3)ncnc2c1. The minimum absolute atomic E-state index is 0.725. The number of hydrogen-bond donors (Lipinski definition) is 1. The fourth-order valence-electron chi connectivity index (χ4n) is 1.99. The molecule has 1 aromatic carbocycles. The monoisotopic (exact) mass is 250 g/mol. The number of fused-ring (bicyclic) bond motifs is 1. The zero-order valence-corrected chi connectivity index (χ0v) is 10.7. The lowest BCUT2D eigenvalue weighted by molar-refractivity contribution is 1.09. The van der Waals surface area contributed by atoms with E-state index in [1.54, 1.807) is 18.7 Å². The molecule has 0 fully saturated rings. The number of benzene rings is 1. The van der Waals surface area contributed by atoms with Crippen LogP contribution in [0.25, 0.3) is 10.9 Å². The van der Waals surface area contributed by atoms with Crippen LogP contribution < -0.4 is 5.32 Å². The fraction of sp³-hybridized carbons (Fsp3) is 0.133. The maximum atomic E-state index is 4.31. The molecule has 0 spiro atoms. The first-order valence-electron chi connectivity index (χ1n) is 6.17. The Balaban J connectivity index is 1.89. The van der Waals surface area contributed by atoms with Gasteiger partial charge in [-0.1, -0.05) is 6.07 Å². The molecule has 0 saturated carbocycles. The minimum atomic E-state index is 0.725. The van der Waals surface area contributed by atoms with Crippen molar-refractivity contribution in [3.63, 3.8) is 0 Å². The first-order chi connectivity index (χ1) is 9.33. The van der Waals surface area contributed by atoms with E-state index in [4.69, 9.17) is 0 Å². The number of hydrogen-bond acceptors (Lipinski definition) is 4. The average Bonchev–Trinajstić information content (AvgIpc) is 2.45. The summed E-state index contributed by atoms with van der Waals surface area (Å²) in [5.74, 6) is 0.863. The van der Waals surface area contributed by atoms with E-state index >= 15 is 0 Å². The van der Waals surface area contributed by atoms with Gasteiger partial charge in [-0.15, -0.1) is 0 Å². The van der Waals surface area contributed by atoms with Crippen LogP contribution in [0.5, 0.6) is 0 Å². The summed E-state index contributed by atoms with van der Waals surface area (Å²) < 4.78 is 0. The second-order valence-electron chi connectivity index (χ2n) is 4.45. The van der Waals surface area contributed by atoms with Crippen molar-refractivity contribution < 1.29 is 0 Å². The Bertz CT molecular complexity index is 695. The summed E-state index contributed by atoms with van der Waals surface area (Å²) >= 11 is 0. The summed E-state index contributed by atoms with van der Waals surface area (Å²) in [6, 6.07) is 10.2. The summed E-state index contributed by atoms with van der Waals surface area (Å²) in [6.07, 6.45) is 5.17. The Labute approximate surface area is 111 Å². The molecule has 0 aliphatic rings. The molecular weight excluding hydrogens is 236 g/mol. The minimum Gasteiger partial charge on any atom is -0.365 e. The van der Waals surface area contributed by atoms with Crippen molar-refractivity contribution in [2.45, 2.75) is 13.5 Å². The lowest BCUT2D eigenvalue weighted by Crippen LogP contribution is -2.02. The van der Waals surface area contributed by atoms with Gasteiger partial charge in [-0.3, -0.25) is 4.98 Å². The van der Waals surface area contributed by atoms with Gasteiger partial charge in [0.1, 0.15) is 12.1 Å². The highest BCUT2D eigenvalue weighted by atomic mass is 15.0. The molecule has 0 bridgehead atoms. The third-order valence-electron chi connectivity index (χ3n) is 3.00. The quantitative estimate of drug-likeness (QED) is 0.776. The van der Waals surface area contributed by atoms with Gasteiger partial charge in [0.15, 0.2) is 0 Å². The lowest BCUT2D eigenvalue weighted by atomic mass is 10.1. The van der Waals surface area contributed by atoms with E-state index in [0.29, 0.717) is 0 Å². The van der Waals surface area contributed by atoms with E-state index in [0.717, 1.165) is 23.3 Å². The van der Waals surface area contributed by atoms with Gasteiger partial charge in [-0.2, -0.15) is 0 Å². The van der Waals surface area contributed by atoms with E-state index < -0.39 is 0 Å². The number of pyridine rings is 1. The van der Waals surface area contributed by atoms with Crippen molar-refractivity contribution in [2.24, 2.45) is 0 Å². The molecule has 4 heteroatoms. The Kier molecular flexibility index (Phi) is 3.06. The molecule has 0 aliphatic heterocycles. The maximum absolute atomic E-state index is 4.31. The highest BCUT2D eigenvalue weighted by molar-refractivity contribution is 5.89. The highest BCUT2D eigenvalue weighted by Crippen LogP contribution is 2.20. The van der Waals surface area contributed by atoms with E-state index in [2.05, 4.69) is 45.4 Å². The van der Waals surface area contributed by atoms with Crippen LogP contribution in [0.2, 0.25) is 0 Å². The molecule has 0 radical (unpaired) electrons. The summed E-state index contributed by atoms with van der Waals surface area (Å²) in [5.41, 5.74) is 3.34. The summed E-state index contributed by atoms with van der Waals surface area (Å²) in [6.45, 7) is 2.79. The second kappa shape index (κ2) is 5.02. The van der Waals surface area contributed by atoms with Gasteiger partial charge >= 0.3 is 0 Å². The molecule has 1 N–H and O–H groups in total. The van der Waals surface area contributed by atoms with Crippen molar-refractivity contribution in [2.75, 3.05) is 5.32 Å². The fourth-order valence-corrected chi connectivity index (χ4v) is 1.99. The molecule has 0 saturated heterocycles. The third kappa shape index (κ3) is 2.52. The molecule has 4 nitrogen and oxygen atoms in total. The van der Waals surface area contributed by atoms with Crippen LogP contribution in [0.4, 0.5) is 5.82 Å². The Morgan fingerprint density at radius 1 is 1.05 bits per heavy atom. The van der Waals surface area contributed by atoms with Crippen LogP contribution in [-0.2, 0) is 6.54 Å². The first-order valence-corrected chi connectivity index (χ1v) is 6.17. The van der Waals surface area contributed by atoms with Crippen LogP contribution in [0.3, 0.4) is 0 Å². The molecular formula is C15H14N4. The van der Waals surface area contributed by atoms with Crippen molar-refractivity contribution in [1.82, 2.24) is 15.0 Å². The lowest BCUT2D eigenvalue weighted by Gasteiger charge is -2.08. The van der Waals surface area contributed by atoms with Gasteiger partial charge in [0.25, 0.3) is 0 Å². The summed E-state index contributed by atoms with van der Waals surface area (Å²) in [7, 11) is 0. The topological polar surface area (TPSA) is 50.7 Å². The van der Waals surface area contributed by atoms with Crippen molar-refractivity contribution in [1.29, 1.82) is 0 Å². The molecule has 0 atom stereocenters. The standard InChI is InChI=1S/C15H14N4/c1-11-2-3-13-14(8-11)18-10-19-15(13)17-9-12-4-6-16-7-5-12/h2-8,10H,9H2,1H3,(H,17,18,19). The molecule has 2 heterocycles. The van der Waals surface area contributed by atoms with E-state index in [-0.39, 0.29) is 0 Å². The smallest absolute Gasteiger partial charge is 0.137 e. The highest BCUT2D eigenvalue weighted by Gasteiger charge is 2.03. The number of rotatable bonds is 3. The van der Waals surface area contributed by atoms with Gasteiger partial charge in [0, 0.05) is 24.3 Å². The molecule has 0 unspecified atom stereocenters. The zero-order chi connectivity index (χ0) is 13.1. The van der Waals surface area contributed by atoms with Gasteiger partial charge in [-0.25, -0.2) is 9.97 Å². The Morgan fingerprint density at radius 2 is 1.89 bits per heavy atom. The molecule has 0 amide bonds. The summed E-state index contributed by atoms with van der Waals surface area (Å²) in [5, 5.41) is 4.39. The number of nitrogens with one attached hydrogen (secondary N) is 1. The number of nitrogens with zero attached hydrogens (tertiary/aromatic N) is 3. The third-order valence-corrected chi connectivity index (χ3v) is 3.00. The van der Waals surface area contributed by atoms with Gasteiger partial charge in [0.05, 0.1) is 5.52 Å². The normalized spacial score (nSPS) is 10.6. The van der Waals surface area contributed by atoms with Crippen LogP contribution in [0.1, 0.15) is 11.1 Å². The molecule has 94 valence electrons. The van der Waals surface area contributed by atoms with Crippen LogP contribution in [0, 0.1) is 6.92 Å². The maximum Gasteiger partial charge on any atom is 0.137 e. The predicted octanol–water partition coefficient (Wildman–Crippen LogP) is 2.95. The zero-order valence-electron chi connectivity index (χ0n) is 10.7. The largest absolute Gasteiger partial charge is 0.365 e. The van der Waals surface area contributed by atoms with Crippen molar-refractivity contribution >= 4 is 16.7 Å². The molecule has 3 aromatic rings. The average molecular weight is 250 g/mol. The predicted molar refractivity (Wildman–Crippen MR) is 75.8 cm³/mol. The Morgan fingerprint density at radius 3 is 2.74 bits per heavy atom. The van der Waals surface area contributed by atoms with E-state index in [1.807, 2.05) is 12.1 Å². The molecule has 3 rings (SSSR count).